The third-order valence-electron chi connectivity index (χ3n) is 9.34. The van der Waals surface area contributed by atoms with Crippen LogP contribution in [-0.2, 0) is 6.42 Å². The smallest absolute Gasteiger partial charge is 0.0764 e. The molecule has 3 heterocycles. The number of aromatic amines is 1. The fourth-order valence-electron chi connectivity index (χ4n) is 7.75. The lowest BCUT2D eigenvalue weighted by Crippen LogP contribution is -2.71. The van der Waals surface area contributed by atoms with Crippen molar-refractivity contribution in [3.63, 3.8) is 0 Å². The van der Waals surface area contributed by atoms with Gasteiger partial charge in [-0.25, -0.2) is 0 Å². The van der Waals surface area contributed by atoms with Crippen LogP contribution < -0.4 is 5.32 Å². The third kappa shape index (κ3) is 3.18. The molecule has 1 unspecified atom stereocenters. The largest absolute Gasteiger partial charge is 0.381 e. The Morgan fingerprint density at radius 2 is 1.85 bits per heavy atom. The molecule has 2 aliphatic heterocycles. The Balaban J connectivity index is 1.21. The molecule has 4 nitrogen and oxygen atoms in total. The normalized spacial score (nSPS) is 32.9. The summed E-state index contributed by atoms with van der Waals surface area (Å²) in [7, 11) is 0. The summed E-state index contributed by atoms with van der Waals surface area (Å²) in [6.07, 6.45) is 7.85. The topological polar surface area (TPSA) is 34.3 Å². The predicted octanol–water partition coefficient (Wildman–Crippen LogP) is 5.95. The standard InChI is InChI=1S/C30H38N4/c1-3-13-33-14-12-24(19-33)31-23-10-8-22(9-11-23)29-28-26(25-6-4-5-7-27(25)32-28)15-20(2)34(29)30-16-21(17-30)18-30/h4-11,20-21,24,29,31-32H,3,12-19H2,1-2H3/t20-,21?,24?,29-,30?/m1/s1. The van der Waals surface area contributed by atoms with E-state index in [-0.39, 0.29) is 0 Å². The number of nitrogens with zero attached hydrogens (tertiary/aromatic N) is 2. The molecule has 3 atom stereocenters. The van der Waals surface area contributed by atoms with Gasteiger partial charge in [-0.1, -0.05) is 37.3 Å². The Hall–Kier alpha value is -2.30. The molecule has 1 aromatic heterocycles. The highest BCUT2D eigenvalue weighted by Crippen LogP contribution is 2.64. The Bertz CT molecular complexity index is 1180. The maximum absolute atomic E-state index is 3.88. The van der Waals surface area contributed by atoms with Crippen LogP contribution in [0.3, 0.4) is 0 Å². The van der Waals surface area contributed by atoms with Gasteiger partial charge in [0.1, 0.15) is 0 Å². The van der Waals surface area contributed by atoms with Crippen molar-refractivity contribution in [2.75, 3.05) is 25.0 Å². The molecule has 0 amide bonds. The van der Waals surface area contributed by atoms with Gasteiger partial charge in [-0.2, -0.15) is 0 Å². The molecule has 2 N–H and O–H groups in total. The molecule has 3 saturated carbocycles. The molecule has 2 aromatic carbocycles. The molecule has 3 aromatic rings. The minimum Gasteiger partial charge on any atom is -0.381 e. The minimum atomic E-state index is 0.327. The molecule has 5 aliphatic rings. The maximum atomic E-state index is 3.88. The molecule has 34 heavy (non-hydrogen) atoms. The summed E-state index contributed by atoms with van der Waals surface area (Å²) in [6, 6.07) is 19.8. The zero-order valence-electron chi connectivity index (χ0n) is 20.7. The average Bonchev–Trinajstić information content (AvgIpc) is 3.37. The van der Waals surface area contributed by atoms with Crippen LogP contribution in [0.1, 0.15) is 68.8 Å². The van der Waals surface area contributed by atoms with Gasteiger partial charge in [-0.3, -0.25) is 4.90 Å². The monoisotopic (exact) mass is 454 g/mol. The van der Waals surface area contributed by atoms with Gasteiger partial charge in [0.2, 0.25) is 0 Å². The van der Waals surface area contributed by atoms with Crippen molar-refractivity contribution in [2.24, 2.45) is 5.92 Å². The fourth-order valence-corrected chi connectivity index (χ4v) is 7.75. The van der Waals surface area contributed by atoms with Crippen LogP contribution >= 0.6 is 0 Å². The molecule has 4 heteroatoms. The van der Waals surface area contributed by atoms with E-state index < -0.39 is 0 Å². The number of hydrogen-bond donors (Lipinski definition) is 2. The number of fused-ring (bicyclic) bond motifs is 3. The van der Waals surface area contributed by atoms with Gasteiger partial charge in [0.05, 0.1) is 6.04 Å². The Labute approximate surface area is 203 Å². The molecular formula is C30H38N4. The van der Waals surface area contributed by atoms with Crippen LogP contribution in [0.4, 0.5) is 5.69 Å². The van der Waals surface area contributed by atoms with Crippen LogP contribution in [0.15, 0.2) is 48.5 Å². The summed E-state index contributed by atoms with van der Waals surface area (Å²) in [5.41, 5.74) is 7.42. The van der Waals surface area contributed by atoms with Crippen molar-refractivity contribution in [3.8, 4) is 0 Å². The summed E-state index contributed by atoms with van der Waals surface area (Å²) in [5.74, 6) is 0.988. The first-order valence-corrected chi connectivity index (χ1v) is 13.6. The van der Waals surface area contributed by atoms with E-state index in [2.05, 4.69) is 82.5 Å². The minimum absolute atomic E-state index is 0.327. The lowest BCUT2D eigenvalue weighted by molar-refractivity contribution is -0.174. The van der Waals surface area contributed by atoms with Gasteiger partial charge in [0, 0.05) is 53.0 Å². The number of benzene rings is 2. The highest BCUT2D eigenvalue weighted by molar-refractivity contribution is 5.85. The number of nitrogens with one attached hydrogen (secondary N) is 2. The van der Waals surface area contributed by atoms with Crippen molar-refractivity contribution in [3.05, 3.63) is 65.4 Å². The van der Waals surface area contributed by atoms with E-state index >= 15 is 0 Å². The summed E-state index contributed by atoms with van der Waals surface area (Å²) >= 11 is 0. The van der Waals surface area contributed by atoms with Gasteiger partial charge in [-0.15, -0.1) is 0 Å². The van der Waals surface area contributed by atoms with Crippen LogP contribution in [0.5, 0.6) is 0 Å². The molecule has 3 aliphatic carbocycles. The molecule has 2 bridgehead atoms. The number of anilines is 1. The zero-order chi connectivity index (χ0) is 22.9. The highest BCUT2D eigenvalue weighted by atomic mass is 15.3. The number of hydrogen-bond acceptors (Lipinski definition) is 3. The average molecular weight is 455 g/mol. The first-order valence-electron chi connectivity index (χ1n) is 13.6. The maximum Gasteiger partial charge on any atom is 0.0764 e. The first kappa shape index (κ1) is 21.0. The molecule has 0 radical (unpaired) electrons. The Morgan fingerprint density at radius 3 is 2.59 bits per heavy atom. The van der Waals surface area contributed by atoms with Crippen molar-refractivity contribution in [2.45, 2.75) is 76.0 Å². The zero-order valence-corrected chi connectivity index (χ0v) is 20.7. The number of rotatable bonds is 6. The molecule has 8 rings (SSSR count). The van der Waals surface area contributed by atoms with E-state index in [4.69, 9.17) is 0 Å². The van der Waals surface area contributed by atoms with E-state index in [1.165, 1.54) is 79.6 Å². The second-order valence-corrected chi connectivity index (χ2v) is 11.7. The van der Waals surface area contributed by atoms with E-state index in [1.807, 2.05) is 0 Å². The number of para-hydroxylation sites is 1. The number of aromatic nitrogens is 1. The van der Waals surface area contributed by atoms with Crippen molar-refractivity contribution in [1.82, 2.24) is 14.8 Å². The number of H-pyrrole nitrogens is 1. The van der Waals surface area contributed by atoms with Crippen molar-refractivity contribution >= 4 is 16.6 Å². The van der Waals surface area contributed by atoms with Crippen molar-refractivity contribution < 1.29 is 0 Å². The van der Waals surface area contributed by atoms with Gasteiger partial charge in [0.15, 0.2) is 0 Å². The second-order valence-electron chi connectivity index (χ2n) is 11.7. The fraction of sp³-hybridized carbons (Fsp3) is 0.533. The van der Waals surface area contributed by atoms with Crippen molar-refractivity contribution in [1.29, 1.82) is 0 Å². The lowest BCUT2D eigenvalue weighted by atomic mass is 9.48. The van der Waals surface area contributed by atoms with Crippen LogP contribution in [-0.4, -0.2) is 52.0 Å². The molecule has 178 valence electrons. The quantitative estimate of drug-likeness (QED) is 0.483. The summed E-state index contributed by atoms with van der Waals surface area (Å²) in [5, 5.41) is 5.24. The highest BCUT2D eigenvalue weighted by Gasteiger charge is 2.63. The van der Waals surface area contributed by atoms with Gasteiger partial charge >= 0.3 is 0 Å². The van der Waals surface area contributed by atoms with E-state index in [0.717, 1.165) is 12.3 Å². The van der Waals surface area contributed by atoms with Gasteiger partial charge < -0.3 is 15.2 Å². The van der Waals surface area contributed by atoms with Gasteiger partial charge in [0.25, 0.3) is 0 Å². The molecular weight excluding hydrogens is 416 g/mol. The Morgan fingerprint density at radius 1 is 1.06 bits per heavy atom. The van der Waals surface area contributed by atoms with Crippen LogP contribution in [0, 0.1) is 5.92 Å². The summed E-state index contributed by atoms with van der Waals surface area (Å²) in [6.45, 7) is 8.37. The van der Waals surface area contributed by atoms with Gasteiger partial charge in [-0.05, 0) is 87.2 Å². The van der Waals surface area contributed by atoms with E-state index in [0.29, 0.717) is 23.7 Å². The lowest BCUT2D eigenvalue weighted by Gasteiger charge is -2.70. The predicted molar refractivity (Wildman–Crippen MR) is 140 cm³/mol. The van der Waals surface area contributed by atoms with E-state index in [9.17, 15) is 0 Å². The second kappa shape index (κ2) is 7.86. The molecule has 1 saturated heterocycles. The first-order chi connectivity index (χ1) is 16.6. The summed E-state index contributed by atoms with van der Waals surface area (Å²) < 4.78 is 0. The number of likely N-dealkylation sites (tertiary alicyclic amines) is 1. The molecule has 4 fully saturated rings. The van der Waals surface area contributed by atoms with Crippen LogP contribution in [0.2, 0.25) is 0 Å². The SMILES string of the molecule is CCCN1CCC(Nc2ccc([C@@H]3c4[nH]c5ccccc5c4C[C@@H](C)N3C34CC(C3)C4)cc2)C1. The Kier molecular flexibility index (Phi) is 4.86. The molecule has 0 spiro atoms. The van der Waals surface area contributed by atoms with E-state index in [1.54, 1.807) is 5.56 Å². The third-order valence-corrected chi connectivity index (χ3v) is 9.34. The van der Waals surface area contributed by atoms with Crippen LogP contribution in [0.25, 0.3) is 10.9 Å². The summed E-state index contributed by atoms with van der Waals surface area (Å²) in [4.78, 5) is 9.38.